The maximum atomic E-state index is 11.4. The second kappa shape index (κ2) is 6.11. The van der Waals surface area contributed by atoms with E-state index in [-0.39, 0.29) is 10.8 Å². The molecule has 0 atom stereocenters. The highest BCUT2D eigenvalue weighted by Gasteiger charge is 2.18. The van der Waals surface area contributed by atoms with Gasteiger partial charge >= 0.3 is 0 Å². The van der Waals surface area contributed by atoms with Gasteiger partial charge in [0, 0.05) is 16.9 Å². The van der Waals surface area contributed by atoms with Gasteiger partial charge in [0.05, 0.1) is 6.61 Å². The zero-order valence-corrected chi connectivity index (χ0v) is 12.2. The lowest BCUT2D eigenvalue weighted by Crippen LogP contribution is -1.98. The third-order valence-electron chi connectivity index (χ3n) is 2.35. The van der Waals surface area contributed by atoms with Crippen LogP contribution in [0.3, 0.4) is 0 Å². The maximum Gasteiger partial charge on any atom is 0.266 e. The topological polar surface area (TPSA) is 65.5 Å². The lowest BCUT2D eigenvalue weighted by Gasteiger charge is -2.08. The van der Waals surface area contributed by atoms with Crippen LogP contribution in [0.1, 0.15) is 6.92 Å². The van der Waals surface area contributed by atoms with E-state index < -0.39 is 9.05 Å². The van der Waals surface area contributed by atoms with Gasteiger partial charge in [0.25, 0.3) is 9.05 Å². The first kappa shape index (κ1) is 14.6. The molecule has 0 aliphatic rings. The molecule has 7 heteroatoms. The molecule has 0 radical (unpaired) electrons. The quantitative estimate of drug-likeness (QED) is 0.793. The largest absolute Gasteiger partial charge is 0.494 e. The molecule has 0 bridgehead atoms. The first-order valence-electron chi connectivity index (χ1n) is 5.81. The van der Waals surface area contributed by atoms with Crippen molar-refractivity contribution in [3.63, 3.8) is 0 Å². The van der Waals surface area contributed by atoms with Crippen molar-refractivity contribution in [1.82, 2.24) is 4.98 Å². The van der Waals surface area contributed by atoms with E-state index in [9.17, 15) is 8.42 Å². The summed E-state index contributed by atoms with van der Waals surface area (Å²) >= 11 is 0. The molecule has 2 rings (SSSR count). The molecule has 0 saturated carbocycles. The second-order valence-electron chi connectivity index (χ2n) is 3.75. The fourth-order valence-electron chi connectivity index (χ4n) is 1.52. The van der Waals surface area contributed by atoms with E-state index in [1.807, 2.05) is 6.92 Å². The summed E-state index contributed by atoms with van der Waals surface area (Å²) in [5, 5.41) is 0. The Morgan fingerprint density at radius 2 is 1.80 bits per heavy atom. The van der Waals surface area contributed by atoms with Crippen LogP contribution in [-0.2, 0) is 9.05 Å². The molecular formula is C13H12ClNO4S. The fourth-order valence-corrected chi connectivity index (χ4v) is 2.42. The van der Waals surface area contributed by atoms with Crippen molar-refractivity contribution in [2.24, 2.45) is 0 Å². The van der Waals surface area contributed by atoms with Crippen molar-refractivity contribution in [1.29, 1.82) is 0 Å². The predicted molar refractivity (Wildman–Crippen MR) is 75.0 cm³/mol. The molecule has 106 valence electrons. The van der Waals surface area contributed by atoms with E-state index in [0.717, 1.165) is 0 Å². The zero-order chi connectivity index (χ0) is 14.6. The Labute approximate surface area is 121 Å². The number of nitrogens with zero attached hydrogens (tertiary/aromatic N) is 1. The summed E-state index contributed by atoms with van der Waals surface area (Å²) < 4.78 is 33.6. The number of benzene rings is 1. The summed E-state index contributed by atoms with van der Waals surface area (Å²) in [5.74, 6) is 1.08. The van der Waals surface area contributed by atoms with Crippen molar-refractivity contribution in [2.45, 2.75) is 11.8 Å². The third-order valence-corrected chi connectivity index (χ3v) is 3.68. The van der Waals surface area contributed by atoms with Crippen LogP contribution in [0, 0.1) is 0 Å². The monoisotopic (exact) mass is 313 g/mol. The van der Waals surface area contributed by atoms with E-state index in [4.69, 9.17) is 20.2 Å². The first-order chi connectivity index (χ1) is 9.50. The van der Waals surface area contributed by atoms with Gasteiger partial charge < -0.3 is 9.47 Å². The van der Waals surface area contributed by atoms with Crippen molar-refractivity contribution >= 4 is 19.7 Å². The average molecular weight is 314 g/mol. The van der Waals surface area contributed by atoms with Crippen molar-refractivity contribution in [2.75, 3.05) is 6.61 Å². The Morgan fingerprint density at radius 1 is 1.15 bits per heavy atom. The van der Waals surface area contributed by atoms with E-state index >= 15 is 0 Å². The zero-order valence-electron chi connectivity index (χ0n) is 10.6. The Bertz CT molecular complexity index is 686. The number of hydrogen-bond acceptors (Lipinski definition) is 5. The van der Waals surface area contributed by atoms with Gasteiger partial charge in [-0.05, 0) is 43.3 Å². The van der Waals surface area contributed by atoms with Gasteiger partial charge in [0.1, 0.15) is 16.4 Å². The highest BCUT2D eigenvalue weighted by Crippen LogP contribution is 2.29. The summed E-state index contributed by atoms with van der Waals surface area (Å²) in [7, 11) is 1.42. The first-order valence-corrected chi connectivity index (χ1v) is 8.12. The van der Waals surface area contributed by atoms with Crippen LogP contribution in [0.5, 0.6) is 17.4 Å². The Hall–Kier alpha value is -1.79. The Balaban J connectivity index is 2.26. The minimum absolute atomic E-state index is 0.0633. The number of pyridine rings is 1. The van der Waals surface area contributed by atoms with Crippen LogP contribution < -0.4 is 9.47 Å². The van der Waals surface area contributed by atoms with Gasteiger partial charge in [0.15, 0.2) is 0 Å². The molecule has 2 aromatic rings. The smallest absolute Gasteiger partial charge is 0.266 e. The lowest BCUT2D eigenvalue weighted by molar-refractivity contribution is 0.339. The second-order valence-corrected chi connectivity index (χ2v) is 6.29. The third kappa shape index (κ3) is 3.61. The average Bonchev–Trinajstić information content (AvgIpc) is 2.41. The van der Waals surface area contributed by atoms with Crippen molar-refractivity contribution in [3.05, 3.63) is 42.6 Å². The summed E-state index contributed by atoms with van der Waals surface area (Å²) in [6.45, 7) is 2.45. The van der Waals surface area contributed by atoms with Gasteiger partial charge in [-0.2, -0.15) is 0 Å². The van der Waals surface area contributed by atoms with Gasteiger partial charge in [-0.1, -0.05) is 0 Å². The summed E-state index contributed by atoms with van der Waals surface area (Å²) in [5.41, 5.74) is 0. The number of aromatic nitrogens is 1. The van der Waals surface area contributed by atoms with Crippen LogP contribution >= 0.6 is 10.7 Å². The molecule has 0 amide bonds. The van der Waals surface area contributed by atoms with E-state index in [0.29, 0.717) is 18.1 Å². The molecule has 0 spiro atoms. The Kier molecular flexibility index (Phi) is 4.46. The molecule has 20 heavy (non-hydrogen) atoms. The van der Waals surface area contributed by atoms with Gasteiger partial charge in [0.2, 0.25) is 5.88 Å². The van der Waals surface area contributed by atoms with E-state index in [1.54, 1.807) is 24.3 Å². The highest BCUT2D eigenvalue weighted by molar-refractivity contribution is 8.13. The summed E-state index contributed by atoms with van der Waals surface area (Å²) in [4.78, 5) is 3.71. The van der Waals surface area contributed by atoms with Crippen molar-refractivity contribution < 1.29 is 17.9 Å². The van der Waals surface area contributed by atoms with Crippen LogP contribution in [0.25, 0.3) is 0 Å². The van der Waals surface area contributed by atoms with Gasteiger partial charge in [-0.15, -0.1) is 0 Å². The minimum Gasteiger partial charge on any atom is -0.494 e. The molecule has 0 saturated heterocycles. The van der Waals surface area contributed by atoms with Crippen LogP contribution in [-0.4, -0.2) is 20.0 Å². The van der Waals surface area contributed by atoms with Gasteiger partial charge in [-0.25, -0.2) is 13.4 Å². The van der Waals surface area contributed by atoms with Gasteiger partial charge in [-0.3, -0.25) is 0 Å². The number of ether oxygens (including phenoxy) is 2. The molecule has 1 aromatic heterocycles. The van der Waals surface area contributed by atoms with Crippen LogP contribution in [0.15, 0.2) is 47.5 Å². The minimum atomic E-state index is -3.91. The maximum absolute atomic E-state index is 11.4. The summed E-state index contributed by atoms with van der Waals surface area (Å²) in [6.07, 6.45) is 1.43. The van der Waals surface area contributed by atoms with Crippen molar-refractivity contribution in [3.8, 4) is 17.4 Å². The van der Waals surface area contributed by atoms with Crippen LogP contribution in [0.4, 0.5) is 0 Å². The predicted octanol–water partition coefficient (Wildman–Crippen LogP) is 3.20. The number of halogens is 1. The Morgan fingerprint density at radius 3 is 2.40 bits per heavy atom. The van der Waals surface area contributed by atoms with E-state index in [2.05, 4.69) is 4.98 Å². The molecule has 1 aromatic carbocycles. The highest BCUT2D eigenvalue weighted by atomic mass is 35.7. The standard InChI is InChI=1S/C13H12ClNO4S/c1-2-18-10-5-7-11(8-6-10)19-13-12(20(14,16)17)4-3-9-15-13/h3-9H,2H2,1H3. The van der Waals surface area contributed by atoms with E-state index in [1.165, 1.54) is 18.3 Å². The lowest BCUT2D eigenvalue weighted by atomic mass is 10.3. The number of hydrogen-bond donors (Lipinski definition) is 0. The van der Waals surface area contributed by atoms with Crippen LogP contribution in [0.2, 0.25) is 0 Å². The molecule has 5 nitrogen and oxygen atoms in total. The fraction of sp³-hybridized carbons (Fsp3) is 0.154. The molecule has 0 N–H and O–H groups in total. The molecular weight excluding hydrogens is 302 g/mol. The summed E-state index contributed by atoms with van der Waals surface area (Å²) in [6, 6.07) is 9.56. The number of rotatable bonds is 5. The molecule has 0 unspecified atom stereocenters. The molecule has 0 aliphatic heterocycles. The molecule has 0 aliphatic carbocycles. The molecule has 0 fully saturated rings. The normalized spacial score (nSPS) is 11.1. The SMILES string of the molecule is CCOc1ccc(Oc2ncccc2S(=O)(=O)Cl)cc1. The molecule has 1 heterocycles.